The van der Waals surface area contributed by atoms with Crippen molar-refractivity contribution >= 4 is 21.6 Å². The van der Waals surface area contributed by atoms with Gasteiger partial charge in [-0.2, -0.15) is 0 Å². The Morgan fingerprint density at radius 3 is 3.00 bits per heavy atom. The fourth-order valence-corrected chi connectivity index (χ4v) is 2.89. The van der Waals surface area contributed by atoms with E-state index in [0.717, 1.165) is 21.3 Å². The van der Waals surface area contributed by atoms with Crippen molar-refractivity contribution < 1.29 is 4.39 Å². The Morgan fingerprint density at radius 2 is 2.16 bits per heavy atom. The number of nitrogens with zero attached hydrogens (tertiary/aromatic N) is 1. The first-order valence-electron chi connectivity index (χ1n) is 6.05. The maximum Gasteiger partial charge on any atom is 0.123 e. The molecule has 2 aromatic heterocycles. The lowest BCUT2D eigenvalue weighted by Gasteiger charge is -2.12. The van der Waals surface area contributed by atoms with Gasteiger partial charge in [0.25, 0.3) is 0 Å². The average molecular weight is 272 g/mol. The van der Waals surface area contributed by atoms with E-state index in [2.05, 4.69) is 11.1 Å². The molecule has 2 N–H and O–H groups in total. The second kappa shape index (κ2) is 5.07. The van der Waals surface area contributed by atoms with Gasteiger partial charge in [0.15, 0.2) is 0 Å². The Balaban J connectivity index is 1.84. The van der Waals surface area contributed by atoms with Crippen molar-refractivity contribution in [1.29, 1.82) is 0 Å². The van der Waals surface area contributed by atoms with Crippen LogP contribution in [0, 0.1) is 5.82 Å². The molecule has 0 fully saturated rings. The fourth-order valence-electron chi connectivity index (χ4n) is 2.10. The minimum absolute atomic E-state index is 0.166. The van der Waals surface area contributed by atoms with E-state index in [1.165, 1.54) is 12.1 Å². The van der Waals surface area contributed by atoms with Crippen LogP contribution in [-0.2, 0) is 6.42 Å². The summed E-state index contributed by atoms with van der Waals surface area (Å²) in [5, 5.41) is 2.01. The zero-order chi connectivity index (χ0) is 13.2. The molecule has 1 aromatic carbocycles. The van der Waals surface area contributed by atoms with Crippen molar-refractivity contribution in [3.05, 3.63) is 64.9 Å². The van der Waals surface area contributed by atoms with Crippen LogP contribution in [0.1, 0.15) is 17.2 Å². The summed E-state index contributed by atoms with van der Waals surface area (Å²) in [6.07, 6.45) is 2.41. The van der Waals surface area contributed by atoms with Gasteiger partial charge in [0, 0.05) is 12.2 Å². The van der Waals surface area contributed by atoms with Gasteiger partial charge in [0.05, 0.1) is 10.2 Å². The summed E-state index contributed by atoms with van der Waals surface area (Å²) in [7, 11) is 0. The summed E-state index contributed by atoms with van der Waals surface area (Å²) in [6, 6.07) is 10.4. The maximum atomic E-state index is 13.1. The largest absolute Gasteiger partial charge is 0.324 e. The van der Waals surface area contributed by atoms with Crippen LogP contribution < -0.4 is 5.73 Å². The highest BCUT2D eigenvalue weighted by molar-refractivity contribution is 7.17. The Labute approximate surface area is 114 Å². The van der Waals surface area contributed by atoms with Crippen molar-refractivity contribution in [2.75, 3.05) is 0 Å². The van der Waals surface area contributed by atoms with Gasteiger partial charge in [0.2, 0.25) is 0 Å². The molecule has 19 heavy (non-hydrogen) atoms. The van der Waals surface area contributed by atoms with Crippen molar-refractivity contribution in [2.24, 2.45) is 5.73 Å². The standard InChI is InChI=1S/C15H13FN2S/c16-12-3-1-2-10(6-12)7-13(17)11-8-15-14(18-9-11)4-5-19-15/h1-6,8-9,13H,7,17H2. The molecule has 0 radical (unpaired) electrons. The molecule has 0 aliphatic carbocycles. The van der Waals surface area contributed by atoms with Gasteiger partial charge in [-0.3, -0.25) is 4.98 Å². The third-order valence-electron chi connectivity index (χ3n) is 3.10. The number of aromatic nitrogens is 1. The van der Waals surface area contributed by atoms with Gasteiger partial charge in [0.1, 0.15) is 5.82 Å². The minimum atomic E-state index is -0.225. The Hall–Kier alpha value is -1.78. The molecule has 3 aromatic rings. The molecule has 0 saturated heterocycles. The smallest absolute Gasteiger partial charge is 0.123 e. The third kappa shape index (κ3) is 2.64. The first-order chi connectivity index (χ1) is 9.22. The number of nitrogens with two attached hydrogens (primary N) is 1. The normalized spacial score (nSPS) is 12.7. The monoisotopic (exact) mass is 272 g/mol. The van der Waals surface area contributed by atoms with Crippen LogP contribution in [0.2, 0.25) is 0 Å². The van der Waals surface area contributed by atoms with E-state index in [0.29, 0.717) is 6.42 Å². The lowest BCUT2D eigenvalue weighted by atomic mass is 10.0. The summed E-state index contributed by atoms with van der Waals surface area (Å²) in [5.74, 6) is -0.225. The molecule has 96 valence electrons. The predicted molar refractivity (Wildman–Crippen MR) is 76.7 cm³/mol. The first kappa shape index (κ1) is 12.3. The number of pyridine rings is 1. The Kier molecular flexibility index (Phi) is 3.27. The molecule has 0 spiro atoms. The molecular formula is C15H13FN2S. The maximum absolute atomic E-state index is 13.1. The van der Waals surface area contributed by atoms with Crippen LogP contribution in [0.15, 0.2) is 48.0 Å². The predicted octanol–water partition coefficient (Wildman–Crippen LogP) is 3.68. The highest BCUT2D eigenvalue weighted by Crippen LogP contribution is 2.23. The van der Waals surface area contributed by atoms with Crippen molar-refractivity contribution in [2.45, 2.75) is 12.5 Å². The van der Waals surface area contributed by atoms with Crippen LogP contribution >= 0.6 is 11.3 Å². The van der Waals surface area contributed by atoms with E-state index in [1.54, 1.807) is 23.6 Å². The van der Waals surface area contributed by atoms with Crippen LogP contribution in [0.4, 0.5) is 4.39 Å². The number of hydrogen-bond acceptors (Lipinski definition) is 3. The topological polar surface area (TPSA) is 38.9 Å². The molecule has 0 bridgehead atoms. The number of benzene rings is 1. The average Bonchev–Trinajstić information content (AvgIpc) is 2.85. The van der Waals surface area contributed by atoms with E-state index in [9.17, 15) is 4.39 Å². The minimum Gasteiger partial charge on any atom is -0.324 e. The van der Waals surface area contributed by atoms with Crippen molar-refractivity contribution in [3.63, 3.8) is 0 Å². The quantitative estimate of drug-likeness (QED) is 0.790. The molecule has 0 saturated carbocycles. The van der Waals surface area contributed by atoms with E-state index >= 15 is 0 Å². The molecule has 0 amide bonds. The SMILES string of the molecule is NC(Cc1cccc(F)c1)c1cnc2ccsc2c1. The van der Waals surface area contributed by atoms with E-state index < -0.39 is 0 Å². The van der Waals surface area contributed by atoms with Gasteiger partial charge in [-0.1, -0.05) is 12.1 Å². The molecule has 0 aliphatic rings. The Morgan fingerprint density at radius 1 is 1.26 bits per heavy atom. The van der Waals surface area contributed by atoms with Gasteiger partial charge < -0.3 is 5.73 Å². The first-order valence-corrected chi connectivity index (χ1v) is 6.93. The second-order valence-electron chi connectivity index (χ2n) is 4.51. The van der Waals surface area contributed by atoms with E-state index in [4.69, 9.17) is 5.73 Å². The van der Waals surface area contributed by atoms with Crippen molar-refractivity contribution in [1.82, 2.24) is 4.98 Å². The van der Waals surface area contributed by atoms with E-state index in [1.807, 2.05) is 17.5 Å². The summed E-state index contributed by atoms with van der Waals surface area (Å²) in [5.41, 5.74) is 9.06. The molecular weight excluding hydrogens is 259 g/mol. The fraction of sp³-hybridized carbons (Fsp3) is 0.133. The highest BCUT2D eigenvalue weighted by Gasteiger charge is 2.09. The van der Waals surface area contributed by atoms with Crippen molar-refractivity contribution in [3.8, 4) is 0 Å². The van der Waals surface area contributed by atoms with Gasteiger partial charge in [-0.25, -0.2) is 4.39 Å². The lowest BCUT2D eigenvalue weighted by Crippen LogP contribution is -2.13. The molecule has 2 heterocycles. The van der Waals surface area contributed by atoms with Crippen LogP contribution in [0.3, 0.4) is 0 Å². The van der Waals surface area contributed by atoms with Crippen LogP contribution in [0.5, 0.6) is 0 Å². The Bertz CT molecular complexity index is 708. The zero-order valence-corrected chi connectivity index (χ0v) is 11.0. The number of fused-ring (bicyclic) bond motifs is 1. The molecule has 0 aliphatic heterocycles. The summed E-state index contributed by atoms with van der Waals surface area (Å²) >= 11 is 1.65. The molecule has 3 rings (SSSR count). The third-order valence-corrected chi connectivity index (χ3v) is 3.95. The lowest BCUT2D eigenvalue weighted by molar-refractivity contribution is 0.622. The second-order valence-corrected chi connectivity index (χ2v) is 5.46. The van der Waals surface area contributed by atoms with Gasteiger partial charge in [-0.05, 0) is 47.2 Å². The van der Waals surface area contributed by atoms with Crippen LogP contribution in [-0.4, -0.2) is 4.98 Å². The molecule has 4 heteroatoms. The number of thiophene rings is 1. The summed E-state index contributed by atoms with van der Waals surface area (Å²) in [4.78, 5) is 4.38. The molecule has 1 atom stereocenters. The van der Waals surface area contributed by atoms with Gasteiger partial charge in [-0.15, -0.1) is 11.3 Å². The number of halogens is 1. The summed E-state index contributed by atoms with van der Waals surface area (Å²) in [6.45, 7) is 0. The highest BCUT2D eigenvalue weighted by atomic mass is 32.1. The molecule has 1 unspecified atom stereocenters. The van der Waals surface area contributed by atoms with Crippen LogP contribution in [0.25, 0.3) is 10.2 Å². The van der Waals surface area contributed by atoms with E-state index in [-0.39, 0.29) is 11.9 Å². The zero-order valence-electron chi connectivity index (χ0n) is 10.2. The number of hydrogen-bond donors (Lipinski definition) is 1. The molecule has 2 nitrogen and oxygen atoms in total. The number of rotatable bonds is 3. The summed E-state index contributed by atoms with van der Waals surface area (Å²) < 4.78 is 14.3. The van der Waals surface area contributed by atoms with Gasteiger partial charge >= 0.3 is 0 Å².